The van der Waals surface area contributed by atoms with Crippen LogP contribution >= 0.6 is 0 Å². The minimum atomic E-state index is -0.940. The van der Waals surface area contributed by atoms with Crippen molar-refractivity contribution in [2.75, 3.05) is 7.11 Å². The molecule has 1 unspecified atom stereocenters. The first kappa shape index (κ1) is 27.5. The Hall–Kier alpha value is -4.58. The van der Waals surface area contributed by atoms with Gasteiger partial charge in [0.15, 0.2) is 5.78 Å². The van der Waals surface area contributed by atoms with Crippen LogP contribution in [-0.4, -0.2) is 24.0 Å². The Balaban J connectivity index is 1.64. The molecule has 0 aromatic heterocycles. The fraction of sp³-hybridized carbons (Fsp3) is 0.212. The zero-order valence-corrected chi connectivity index (χ0v) is 22.1. The Labute approximate surface area is 228 Å². The van der Waals surface area contributed by atoms with Crippen molar-refractivity contribution in [3.63, 3.8) is 0 Å². The van der Waals surface area contributed by atoms with Gasteiger partial charge in [0.1, 0.15) is 30.5 Å². The fourth-order valence-corrected chi connectivity index (χ4v) is 4.38. The van der Waals surface area contributed by atoms with Crippen LogP contribution < -0.4 is 14.2 Å². The molecule has 0 amide bonds. The summed E-state index contributed by atoms with van der Waals surface area (Å²) in [6.45, 7) is 2.55. The van der Waals surface area contributed by atoms with E-state index in [2.05, 4.69) is 0 Å². The average molecular weight is 525 g/mol. The number of hydrogen-bond donors (Lipinski definition) is 1. The van der Waals surface area contributed by atoms with Crippen LogP contribution in [0.1, 0.15) is 51.4 Å². The lowest BCUT2D eigenvalue weighted by Gasteiger charge is -2.19. The van der Waals surface area contributed by atoms with E-state index < -0.39 is 11.9 Å². The van der Waals surface area contributed by atoms with Gasteiger partial charge in [-0.1, -0.05) is 66.7 Å². The smallest absolute Gasteiger partial charge is 0.303 e. The van der Waals surface area contributed by atoms with Gasteiger partial charge in [-0.15, -0.1) is 0 Å². The summed E-state index contributed by atoms with van der Waals surface area (Å²) in [6, 6.07) is 30.1. The molecule has 0 spiro atoms. The van der Waals surface area contributed by atoms with Crippen molar-refractivity contribution in [3.05, 3.63) is 125 Å². The van der Waals surface area contributed by atoms with Gasteiger partial charge in [0, 0.05) is 24.0 Å². The van der Waals surface area contributed by atoms with Crippen molar-refractivity contribution in [1.82, 2.24) is 0 Å². The van der Waals surface area contributed by atoms with Crippen molar-refractivity contribution in [3.8, 4) is 17.2 Å². The number of aliphatic carboxylic acids is 1. The minimum absolute atomic E-state index is 0.115. The minimum Gasteiger partial charge on any atom is -0.497 e. The van der Waals surface area contributed by atoms with E-state index in [-0.39, 0.29) is 18.6 Å². The van der Waals surface area contributed by atoms with Gasteiger partial charge in [-0.05, 0) is 59.9 Å². The van der Waals surface area contributed by atoms with Gasteiger partial charge < -0.3 is 19.3 Å². The standard InChI is InChI=1S/C33H32O6/c1-23-8-6-7-11-30(23)31(16-17-32(34)35)33(36)26-18-28(38-21-24-9-4-3-5-10-24)20-29(19-26)39-22-25-12-14-27(37-2)15-13-25/h3-15,18-20,31H,16-17,21-22H2,1-2H3,(H,34,35). The zero-order chi connectivity index (χ0) is 27.6. The first-order valence-electron chi connectivity index (χ1n) is 12.8. The van der Waals surface area contributed by atoms with Crippen molar-refractivity contribution >= 4 is 11.8 Å². The van der Waals surface area contributed by atoms with Gasteiger partial charge >= 0.3 is 5.97 Å². The summed E-state index contributed by atoms with van der Waals surface area (Å²) in [4.78, 5) is 25.3. The quantitative estimate of drug-likeness (QED) is 0.190. The fourth-order valence-electron chi connectivity index (χ4n) is 4.38. The Morgan fingerprint density at radius 3 is 1.92 bits per heavy atom. The maximum atomic E-state index is 13.9. The lowest BCUT2D eigenvalue weighted by Crippen LogP contribution is -2.16. The number of aryl methyl sites for hydroxylation is 1. The van der Waals surface area contributed by atoms with Gasteiger partial charge in [-0.2, -0.15) is 0 Å². The molecule has 39 heavy (non-hydrogen) atoms. The Morgan fingerprint density at radius 1 is 0.744 bits per heavy atom. The van der Waals surface area contributed by atoms with Crippen LogP contribution in [-0.2, 0) is 18.0 Å². The highest BCUT2D eigenvalue weighted by molar-refractivity contribution is 6.02. The van der Waals surface area contributed by atoms with Crippen LogP contribution in [0.3, 0.4) is 0 Å². The van der Waals surface area contributed by atoms with Crippen LogP contribution in [0.2, 0.25) is 0 Å². The normalized spacial score (nSPS) is 11.4. The van der Waals surface area contributed by atoms with E-state index in [9.17, 15) is 14.7 Å². The SMILES string of the molecule is COc1ccc(COc2cc(OCc3ccccc3)cc(C(=O)C(CCC(=O)O)c3ccccc3C)c2)cc1. The highest BCUT2D eigenvalue weighted by atomic mass is 16.5. The number of Topliss-reactive ketones (excluding diaryl/α,β-unsaturated/α-hetero) is 1. The van der Waals surface area contributed by atoms with Crippen molar-refractivity contribution in [1.29, 1.82) is 0 Å². The number of carbonyl (C=O) groups excluding carboxylic acids is 1. The molecule has 0 aliphatic carbocycles. The van der Waals surface area contributed by atoms with Crippen LogP contribution in [0, 0.1) is 6.92 Å². The Bertz CT molecular complexity index is 1400. The molecule has 0 aliphatic rings. The number of methoxy groups -OCH3 is 1. The number of carboxylic acids is 1. The zero-order valence-electron chi connectivity index (χ0n) is 22.1. The molecule has 4 aromatic rings. The molecule has 200 valence electrons. The molecule has 0 aliphatic heterocycles. The summed E-state index contributed by atoms with van der Waals surface area (Å²) in [5, 5.41) is 9.35. The summed E-state index contributed by atoms with van der Waals surface area (Å²) >= 11 is 0. The van der Waals surface area contributed by atoms with Crippen molar-refractivity contribution in [2.24, 2.45) is 0 Å². The Kier molecular flexibility index (Phi) is 9.35. The monoisotopic (exact) mass is 524 g/mol. The van der Waals surface area contributed by atoms with E-state index in [0.29, 0.717) is 30.3 Å². The number of benzene rings is 4. The highest BCUT2D eigenvalue weighted by Crippen LogP contribution is 2.32. The summed E-state index contributed by atoms with van der Waals surface area (Å²) in [5.74, 6) is 0.0141. The summed E-state index contributed by atoms with van der Waals surface area (Å²) < 4.78 is 17.4. The van der Waals surface area contributed by atoms with Gasteiger partial charge in [0.25, 0.3) is 0 Å². The number of ketones is 1. The second-order valence-corrected chi connectivity index (χ2v) is 9.31. The second-order valence-electron chi connectivity index (χ2n) is 9.31. The molecule has 0 saturated carbocycles. The van der Waals surface area contributed by atoms with Crippen molar-refractivity contribution < 1.29 is 28.9 Å². The van der Waals surface area contributed by atoms with E-state index >= 15 is 0 Å². The summed E-state index contributed by atoms with van der Waals surface area (Å²) in [6.07, 6.45) is 0.0753. The molecule has 0 heterocycles. The van der Waals surface area contributed by atoms with E-state index in [4.69, 9.17) is 14.2 Å². The third-order valence-corrected chi connectivity index (χ3v) is 6.50. The molecule has 0 fully saturated rings. The molecular formula is C33H32O6. The molecule has 6 heteroatoms. The molecule has 4 rings (SSSR count). The predicted octanol–water partition coefficient (Wildman–Crippen LogP) is 6.99. The third kappa shape index (κ3) is 7.71. The molecule has 6 nitrogen and oxygen atoms in total. The van der Waals surface area contributed by atoms with Gasteiger partial charge in [0.05, 0.1) is 7.11 Å². The second kappa shape index (κ2) is 13.3. The van der Waals surface area contributed by atoms with Crippen LogP contribution in [0.25, 0.3) is 0 Å². The molecule has 0 bridgehead atoms. The molecule has 1 atom stereocenters. The van der Waals surface area contributed by atoms with E-state index in [1.807, 2.05) is 85.8 Å². The van der Waals surface area contributed by atoms with Gasteiger partial charge in [0.2, 0.25) is 0 Å². The molecule has 0 saturated heterocycles. The summed E-state index contributed by atoms with van der Waals surface area (Å²) in [7, 11) is 1.62. The highest BCUT2D eigenvalue weighted by Gasteiger charge is 2.25. The largest absolute Gasteiger partial charge is 0.497 e. The van der Waals surface area contributed by atoms with Gasteiger partial charge in [-0.25, -0.2) is 0 Å². The average Bonchev–Trinajstić information content (AvgIpc) is 2.96. The van der Waals surface area contributed by atoms with E-state index in [0.717, 1.165) is 28.0 Å². The summed E-state index contributed by atoms with van der Waals surface area (Å²) in [5.41, 5.74) is 4.10. The third-order valence-electron chi connectivity index (χ3n) is 6.50. The predicted molar refractivity (Wildman–Crippen MR) is 150 cm³/mol. The first-order valence-corrected chi connectivity index (χ1v) is 12.8. The Morgan fingerprint density at radius 2 is 1.33 bits per heavy atom. The van der Waals surface area contributed by atoms with E-state index in [1.165, 1.54) is 0 Å². The number of hydrogen-bond acceptors (Lipinski definition) is 5. The van der Waals surface area contributed by atoms with Gasteiger partial charge in [-0.3, -0.25) is 9.59 Å². The number of ether oxygens (including phenoxy) is 3. The molecule has 1 N–H and O–H groups in total. The van der Waals surface area contributed by atoms with Crippen LogP contribution in [0.5, 0.6) is 17.2 Å². The number of rotatable bonds is 13. The van der Waals surface area contributed by atoms with Crippen molar-refractivity contribution in [2.45, 2.75) is 38.9 Å². The molecule has 4 aromatic carbocycles. The van der Waals surface area contributed by atoms with Crippen LogP contribution in [0.15, 0.2) is 97.1 Å². The van der Waals surface area contributed by atoms with Crippen LogP contribution in [0.4, 0.5) is 0 Å². The lowest BCUT2D eigenvalue weighted by molar-refractivity contribution is -0.137. The number of carboxylic acid groups (broad SMARTS) is 1. The molecular weight excluding hydrogens is 492 g/mol. The number of carbonyl (C=O) groups is 2. The first-order chi connectivity index (χ1) is 18.9. The molecule has 0 radical (unpaired) electrons. The maximum Gasteiger partial charge on any atom is 0.303 e. The lowest BCUT2D eigenvalue weighted by atomic mass is 9.84. The topological polar surface area (TPSA) is 82.1 Å². The maximum absolute atomic E-state index is 13.9. The van der Waals surface area contributed by atoms with E-state index in [1.54, 1.807) is 25.3 Å².